The molecule has 214 valence electrons. The van der Waals surface area contributed by atoms with Gasteiger partial charge in [-0.1, -0.05) is 67.2 Å². The smallest absolute Gasteiger partial charge is 0.226 e. The second-order valence-electron chi connectivity index (χ2n) is 11.5. The number of anilines is 1. The van der Waals surface area contributed by atoms with Crippen LogP contribution in [0, 0.1) is 0 Å². The van der Waals surface area contributed by atoms with Crippen LogP contribution in [-0.4, -0.2) is 34.6 Å². The number of fused-ring (bicyclic) bond motifs is 1. The SMILES string of the molecule is Nc1ccccc1CN=C1CCC=c2ccnc(C3CCCCN(C(=O)CC4=CCC=CC=C4)CC3)c2=CCCC1. The van der Waals surface area contributed by atoms with Gasteiger partial charge in [0, 0.05) is 36.6 Å². The quantitative estimate of drug-likeness (QED) is 0.456. The number of carbonyl (C=O) groups excluding carboxylic acids is 1. The lowest BCUT2D eigenvalue weighted by Crippen LogP contribution is -2.37. The summed E-state index contributed by atoms with van der Waals surface area (Å²) in [6.45, 7) is 2.32. The molecule has 2 N–H and O–H groups in total. The van der Waals surface area contributed by atoms with E-state index < -0.39 is 0 Å². The van der Waals surface area contributed by atoms with Crippen LogP contribution in [-0.2, 0) is 11.3 Å². The van der Waals surface area contributed by atoms with Crippen molar-refractivity contribution in [3.8, 4) is 0 Å². The molecule has 41 heavy (non-hydrogen) atoms. The molecule has 1 aromatic heterocycles. The maximum atomic E-state index is 13.2. The summed E-state index contributed by atoms with van der Waals surface area (Å²) in [6.07, 6.45) is 28.0. The van der Waals surface area contributed by atoms with Gasteiger partial charge in [-0.2, -0.15) is 0 Å². The number of para-hydroxylation sites is 1. The second-order valence-corrected chi connectivity index (χ2v) is 11.5. The Morgan fingerprint density at radius 2 is 1.90 bits per heavy atom. The average molecular weight is 549 g/mol. The number of carbonyl (C=O) groups is 1. The van der Waals surface area contributed by atoms with Gasteiger partial charge < -0.3 is 10.6 Å². The molecule has 0 bridgehead atoms. The summed E-state index contributed by atoms with van der Waals surface area (Å²) in [5.74, 6) is 0.627. The van der Waals surface area contributed by atoms with E-state index in [4.69, 9.17) is 15.7 Å². The third kappa shape index (κ3) is 8.16. The molecule has 0 spiro atoms. The molecule has 5 nitrogen and oxygen atoms in total. The molecule has 5 heteroatoms. The molecule has 2 aromatic rings. The molecule has 1 unspecified atom stereocenters. The van der Waals surface area contributed by atoms with Crippen molar-refractivity contribution in [2.45, 2.75) is 83.1 Å². The maximum absolute atomic E-state index is 13.2. The molecule has 2 aliphatic carbocycles. The zero-order chi connectivity index (χ0) is 28.3. The van der Waals surface area contributed by atoms with E-state index in [1.54, 1.807) is 0 Å². The number of aliphatic imine (C=N–C) groups is 1. The highest BCUT2D eigenvalue weighted by atomic mass is 16.2. The van der Waals surface area contributed by atoms with E-state index in [1.165, 1.54) is 21.8 Å². The Labute approximate surface area is 245 Å². The maximum Gasteiger partial charge on any atom is 0.226 e. The van der Waals surface area contributed by atoms with E-state index in [0.29, 0.717) is 18.9 Å². The summed E-state index contributed by atoms with van der Waals surface area (Å²) >= 11 is 0. The van der Waals surface area contributed by atoms with Crippen molar-refractivity contribution in [2.24, 2.45) is 4.99 Å². The summed E-state index contributed by atoms with van der Waals surface area (Å²) in [6, 6.07) is 10.2. The van der Waals surface area contributed by atoms with Crippen LogP contribution in [0.25, 0.3) is 12.2 Å². The molecule has 1 aromatic carbocycles. The standard InChI is InChI=1S/C36H44N4O/c37-34-20-8-5-15-31(34)27-39-32-17-6-7-19-33-29(16-11-18-32)21-23-38-36(33)30-14-9-10-24-40(25-22-30)35(41)26-28-12-3-1-2-4-13-28/h1-3,5,8,12-13,15-16,19-21,23,30H,4,6-7,9-11,14,17-18,22,24-27,37H2. The van der Waals surface area contributed by atoms with E-state index in [1.807, 2.05) is 30.5 Å². The fraction of sp³-hybridized carbons (Fsp3) is 0.417. The number of hydrogen-bond acceptors (Lipinski definition) is 4. The van der Waals surface area contributed by atoms with Crippen LogP contribution in [0.2, 0.25) is 0 Å². The number of amides is 1. The summed E-state index contributed by atoms with van der Waals surface area (Å²) in [7, 11) is 0. The first kappa shape index (κ1) is 28.8. The normalized spacial score (nSPS) is 21.0. The van der Waals surface area contributed by atoms with Crippen molar-refractivity contribution in [1.82, 2.24) is 9.88 Å². The van der Waals surface area contributed by atoms with Crippen LogP contribution in [0.1, 0.15) is 87.8 Å². The number of hydrogen-bond donors (Lipinski definition) is 1. The zero-order valence-electron chi connectivity index (χ0n) is 24.3. The van der Waals surface area contributed by atoms with Gasteiger partial charge in [-0.15, -0.1) is 0 Å². The zero-order valence-corrected chi connectivity index (χ0v) is 24.3. The molecule has 1 amide bonds. The van der Waals surface area contributed by atoms with Gasteiger partial charge in [0.15, 0.2) is 0 Å². The molecule has 1 fully saturated rings. The average Bonchev–Trinajstić information content (AvgIpc) is 3.24. The molecule has 0 radical (unpaired) electrons. The lowest BCUT2D eigenvalue weighted by molar-refractivity contribution is -0.130. The minimum atomic E-state index is 0.250. The highest BCUT2D eigenvalue weighted by molar-refractivity contribution is 5.85. The number of aromatic nitrogens is 1. The summed E-state index contributed by atoms with van der Waals surface area (Å²) < 4.78 is 0. The minimum absolute atomic E-state index is 0.250. The molecule has 1 atom stereocenters. The Hall–Kier alpha value is -3.73. The van der Waals surface area contributed by atoms with Gasteiger partial charge >= 0.3 is 0 Å². The van der Waals surface area contributed by atoms with Crippen molar-refractivity contribution in [2.75, 3.05) is 18.8 Å². The highest BCUT2D eigenvalue weighted by Crippen LogP contribution is 2.26. The topological polar surface area (TPSA) is 71.6 Å². The Morgan fingerprint density at radius 1 is 0.976 bits per heavy atom. The Balaban J connectivity index is 1.28. The van der Waals surface area contributed by atoms with Crippen molar-refractivity contribution in [3.05, 3.63) is 94.2 Å². The van der Waals surface area contributed by atoms with Crippen molar-refractivity contribution in [1.29, 1.82) is 0 Å². The number of nitrogens with two attached hydrogens (primary N) is 1. The van der Waals surface area contributed by atoms with Gasteiger partial charge in [-0.25, -0.2) is 0 Å². The van der Waals surface area contributed by atoms with Crippen molar-refractivity contribution >= 4 is 29.5 Å². The van der Waals surface area contributed by atoms with Crippen LogP contribution in [0.15, 0.2) is 77.5 Å². The molecule has 1 aliphatic heterocycles. The van der Waals surface area contributed by atoms with Gasteiger partial charge in [-0.05, 0) is 91.5 Å². The molecular formula is C36H44N4O. The number of nitrogens with zero attached hydrogens (tertiary/aromatic N) is 3. The number of rotatable bonds is 5. The molecule has 5 rings (SSSR count). The summed E-state index contributed by atoms with van der Waals surface area (Å²) in [4.78, 5) is 25.3. The fourth-order valence-electron chi connectivity index (χ4n) is 6.16. The monoisotopic (exact) mass is 548 g/mol. The third-order valence-electron chi connectivity index (χ3n) is 8.54. The first-order valence-corrected chi connectivity index (χ1v) is 15.5. The summed E-state index contributed by atoms with van der Waals surface area (Å²) in [5.41, 5.74) is 11.7. The highest BCUT2D eigenvalue weighted by Gasteiger charge is 2.22. The predicted molar refractivity (Wildman–Crippen MR) is 171 cm³/mol. The Bertz CT molecular complexity index is 1450. The first-order chi connectivity index (χ1) is 20.2. The number of pyridine rings is 1. The van der Waals surface area contributed by atoms with E-state index in [2.05, 4.69) is 53.5 Å². The third-order valence-corrected chi connectivity index (χ3v) is 8.54. The molecule has 2 heterocycles. The van der Waals surface area contributed by atoms with E-state index >= 15 is 0 Å². The first-order valence-electron chi connectivity index (χ1n) is 15.5. The van der Waals surface area contributed by atoms with Crippen LogP contribution in [0.3, 0.4) is 0 Å². The molecular weight excluding hydrogens is 504 g/mol. The number of nitrogen functional groups attached to an aromatic ring is 1. The molecule has 3 aliphatic rings. The van der Waals surface area contributed by atoms with Gasteiger partial charge in [0.2, 0.25) is 5.91 Å². The Kier molecular flexibility index (Phi) is 10.4. The molecule has 0 saturated carbocycles. The second kappa shape index (κ2) is 14.8. The number of likely N-dealkylation sites (tertiary alicyclic amines) is 1. The summed E-state index contributed by atoms with van der Waals surface area (Å²) in [5, 5.41) is 2.61. The van der Waals surface area contributed by atoms with Gasteiger partial charge in [0.05, 0.1) is 18.7 Å². The lowest BCUT2D eigenvalue weighted by atomic mass is 9.90. The Morgan fingerprint density at radius 3 is 2.83 bits per heavy atom. The van der Waals surface area contributed by atoms with E-state index in [-0.39, 0.29) is 5.91 Å². The predicted octanol–water partition coefficient (Wildman–Crippen LogP) is 6.15. The number of allylic oxidation sites excluding steroid dienone is 5. The van der Waals surface area contributed by atoms with Crippen LogP contribution < -0.4 is 16.2 Å². The van der Waals surface area contributed by atoms with Crippen LogP contribution >= 0.6 is 0 Å². The van der Waals surface area contributed by atoms with E-state index in [0.717, 1.165) is 94.1 Å². The largest absolute Gasteiger partial charge is 0.398 e. The minimum Gasteiger partial charge on any atom is -0.398 e. The fourth-order valence-corrected chi connectivity index (χ4v) is 6.16. The van der Waals surface area contributed by atoms with E-state index in [9.17, 15) is 4.79 Å². The van der Waals surface area contributed by atoms with Crippen LogP contribution in [0.5, 0.6) is 0 Å². The van der Waals surface area contributed by atoms with Crippen LogP contribution in [0.4, 0.5) is 5.69 Å². The molecule has 1 saturated heterocycles. The van der Waals surface area contributed by atoms with Crippen molar-refractivity contribution in [3.63, 3.8) is 0 Å². The van der Waals surface area contributed by atoms with Gasteiger partial charge in [0.25, 0.3) is 0 Å². The lowest BCUT2D eigenvalue weighted by Gasteiger charge is -2.29. The number of benzene rings is 1. The van der Waals surface area contributed by atoms with Gasteiger partial charge in [-0.3, -0.25) is 14.8 Å². The van der Waals surface area contributed by atoms with Crippen molar-refractivity contribution < 1.29 is 4.79 Å². The van der Waals surface area contributed by atoms with Gasteiger partial charge in [0.1, 0.15) is 0 Å².